The number of hydrogen-bond donors (Lipinski definition) is 1. The van der Waals surface area contributed by atoms with Gasteiger partial charge in [-0.1, -0.05) is 30.3 Å². The van der Waals surface area contributed by atoms with E-state index in [1.807, 2.05) is 0 Å². The number of hydrogen-bond acceptors (Lipinski definition) is 6. The van der Waals surface area contributed by atoms with Crippen LogP contribution in [0.1, 0.15) is 17.3 Å². The minimum absolute atomic E-state index is 0.000430. The maximum Gasteiger partial charge on any atom is 0.338 e. The van der Waals surface area contributed by atoms with Crippen LogP contribution in [0.2, 0.25) is 0 Å². The summed E-state index contributed by atoms with van der Waals surface area (Å²) in [6.07, 6.45) is -1.17. The van der Waals surface area contributed by atoms with Gasteiger partial charge in [-0.15, -0.1) is 0 Å². The number of nitrogens with zero attached hydrogens (tertiary/aromatic N) is 2. The molecule has 9 nitrogen and oxygen atoms in total. The first-order valence-corrected chi connectivity index (χ1v) is 12.2. The molecule has 4 rings (SSSR count). The number of anilines is 3. The maximum absolute atomic E-state index is 13.0. The molecule has 1 unspecified atom stereocenters. The Morgan fingerprint density at radius 1 is 0.971 bits per heavy atom. The summed E-state index contributed by atoms with van der Waals surface area (Å²) < 4.78 is 32.3. The minimum atomic E-state index is -3.84. The number of ether oxygens (including phenoxy) is 1. The molecule has 1 heterocycles. The zero-order valence-electron chi connectivity index (χ0n) is 19.0. The first-order chi connectivity index (χ1) is 16.7. The molecule has 0 spiro atoms. The monoisotopic (exact) mass is 493 g/mol. The Balaban J connectivity index is 1.46. The minimum Gasteiger partial charge on any atom is -0.449 e. The highest BCUT2D eigenvalue weighted by molar-refractivity contribution is 7.92. The Labute approximate surface area is 203 Å². The van der Waals surface area contributed by atoms with Crippen LogP contribution in [0, 0.1) is 0 Å². The second-order valence-corrected chi connectivity index (χ2v) is 9.84. The summed E-state index contributed by atoms with van der Waals surface area (Å²) in [6.45, 7) is 1.22. The van der Waals surface area contributed by atoms with E-state index in [4.69, 9.17) is 4.74 Å². The Hall–Kier alpha value is -4.18. The predicted octanol–water partition coefficient (Wildman–Crippen LogP) is 3.04. The molecule has 35 heavy (non-hydrogen) atoms. The van der Waals surface area contributed by atoms with Gasteiger partial charge in [0.05, 0.1) is 27.5 Å². The summed E-state index contributed by atoms with van der Waals surface area (Å²) in [7, 11) is -2.39. The van der Waals surface area contributed by atoms with Crippen molar-refractivity contribution in [2.45, 2.75) is 17.9 Å². The van der Waals surface area contributed by atoms with Gasteiger partial charge >= 0.3 is 5.97 Å². The molecule has 10 heteroatoms. The first-order valence-electron chi connectivity index (χ1n) is 10.7. The number of esters is 1. The molecule has 3 aromatic carbocycles. The largest absolute Gasteiger partial charge is 0.449 e. The second kappa shape index (κ2) is 9.59. The number of carbonyl (C=O) groups excluding carboxylic acids is 3. The van der Waals surface area contributed by atoms with E-state index >= 15 is 0 Å². The van der Waals surface area contributed by atoms with Crippen molar-refractivity contribution in [2.75, 3.05) is 28.1 Å². The summed E-state index contributed by atoms with van der Waals surface area (Å²) in [4.78, 5) is 38.8. The highest BCUT2D eigenvalue weighted by Gasteiger charge is 2.31. The number of carbonyl (C=O) groups is 3. The highest BCUT2D eigenvalue weighted by Crippen LogP contribution is 2.29. The van der Waals surface area contributed by atoms with Gasteiger partial charge < -0.3 is 10.1 Å². The first kappa shape index (κ1) is 24.0. The van der Waals surface area contributed by atoms with Crippen molar-refractivity contribution in [2.24, 2.45) is 0 Å². The summed E-state index contributed by atoms with van der Waals surface area (Å²) >= 11 is 0. The maximum atomic E-state index is 13.0. The highest BCUT2D eigenvalue weighted by atomic mass is 32.2. The van der Waals surface area contributed by atoms with Crippen LogP contribution in [0.4, 0.5) is 17.1 Å². The lowest BCUT2D eigenvalue weighted by atomic mass is 10.1. The molecule has 0 saturated carbocycles. The molecule has 0 aromatic heterocycles. The van der Waals surface area contributed by atoms with E-state index in [1.165, 1.54) is 43.1 Å². The molecule has 1 N–H and O–H groups in total. The van der Waals surface area contributed by atoms with E-state index in [9.17, 15) is 22.8 Å². The van der Waals surface area contributed by atoms with E-state index in [1.54, 1.807) is 54.6 Å². The van der Waals surface area contributed by atoms with Crippen LogP contribution in [-0.2, 0) is 24.3 Å². The number of sulfonamides is 1. The molecule has 1 aliphatic rings. The zero-order valence-corrected chi connectivity index (χ0v) is 19.9. The fraction of sp³-hybridized carbons (Fsp3) is 0.160. The summed E-state index contributed by atoms with van der Waals surface area (Å²) in [5, 5.41) is 2.69. The molecule has 0 saturated heterocycles. The molecule has 180 valence electrons. The SMILES string of the molecule is CC(OC(=O)c1ccc(S(=O)(=O)N(C)c2ccccc2)cc1)C(=O)N1CC(=O)Nc2ccccc21. The third-order valence-corrected chi connectivity index (χ3v) is 7.34. The fourth-order valence-electron chi connectivity index (χ4n) is 3.63. The van der Waals surface area contributed by atoms with Crippen molar-refractivity contribution >= 4 is 44.9 Å². The lowest BCUT2D eigenvalue weighted by Gasteiger charge is -2.30. The molecule has 2 amide bonds. The van der Waals surface area contributed by atoms with E-state index in [0.29, 0.717) is 17.1 Å². The van der Waals surface area contributed by atoms with Gasteiger partial charge in [0.15, 0.2) is 6.10 Å². The number of rotatable bonds is 6. The van der Waals surface area contributed by atoms with Gasteiger partial charge in [0.25, 0.3) is 15.9 Å². The van der Waals surface area contributed by atoms with Crippen LogP contribution in [0.3, 0.4) is 0 Å². The van der Waals surface area contributed by atoms with Crippen LogP contribution in [0.15, 0.2) is 83.8 Å². The smallest absolute Gasteiger partial charge is 0.338 e. The average molecular weight is 494 g/mol. The van der Waals surface area contributed by atoms with Gasteiger partial charge in [-0.25, -0.2) is 13.2 Å². The molecule has 0 aliphatic carbocycles. The molecule has 0 fully saturated rings. The van der Waals surface area contributed by atoms with Crippen molar-refractivity contribution in [3.8, 4) is 0 Å². The standard InChI is InChI=1S/C25H23N3O6S/c1-17(24(30)28-16-23(29)26-21-10-6-7-11-22(21)28)34-25(31)18-12-14-20(15-13-18)35(32,33)27(2)19-8-4-3-5-9-19/h3-15,17H,16H2,1-2H3,(H,26,29). The van der Waals surface area contributed by atoms with E-state index < -0.39 is 28.0 Å². The number of benzene rings is 3. The number of nitrogens with one attached hydrogen (secondary N) is 1. The van der Waals surface area contributed by atoms with Gasteiger partial charge in [0.1, 0.15) is 6.54 Å². The van der Waals surface area contributed by atoms with E-state index in [-0.39, 0.29) is 22.9 Å². The predicted molar refractivity (Wildman–Crippen MR) is 131 cm³/mol. The normalized spacial score (nSPS) is 13.9. The Morgan fingerprint density at radius 2 is 1.60 bits per heavy atom. The van der Waals surface area contributed by atoms with Crippen LogP contribution in [0.5, 0.6) is 0 Å². The number of para-hydroxylation sites is 3. The third kappa shape index (κ3) is 4.87. The Kier molecular flexibility index (Phi) is 6.57. The van der Waals surface area contributed by atoms with Crippen LogP contribution in [0.25, 0.3) is 0 Å². The van der Waals surface area contributed by atoms with Crippen molar-refractivity contribution in [1.29, 1.82) is 0 Å². The molecule has 3 aromatic rings. The van der Waals surface area contributed by atoms with Gasteiger partial charge in [-0.05, 0) is 55.5 Å². The van der Waals surface area contributed by atoms with Crippen molar-refractivity contribution in [1.82, 2.24) is 0 Å². The summed E-state index contributed by atoms with van der Waals surface area (Å²) in [5.41, 5.74) is 1.59. The number of fused-ring (bicyclic) bond motifs is 1. The molecular weight excluding hydrogens is 470 g/mol. The Bertz CT molecular complexity index is 1370. The number of amides is 2. The van der Waals surface area contributed by atoms with Crippen LogP contribution >= 0.6 is 0 Å². The quantitative estimate of drug-likeness (QED) is 0.528. The Morgan fingerprint density at radius 3 is 2.29 bits per heavy atom. The average Bonchev–Trinajstić information content (AvgIpc) is 2.87. The topological polar surface area (TPSA) is 113 Å². The van der Waals surface area contributed by atoms with Gasteiger partial charge in [0, 0.05) is 7.05 Å². The van der Waals surface area contributed by atoms with Crippen LogP contribution in [-0.4, -0.2) is 45.9 Å². The lowest BCUT2D eigenvalue weighted by molar-refractivity contribution is -0.128. The molecule has 0 radical (unpaired) electrons. The van der Waals surface area contributed by atoms with E-state index in [2.05, 4.69) is 5.32 Å². The van der Waals surface area contributed by atoms with Crippen molar-refractivity contribution in [3.05, 3.63) is 84.4 Å². The second-order valence-electron chi connectivity index (χ2n) is 7.87. The van der Waals surface area contributed by atoms with Crippen molar-refractivity contribution < 1.29 is 27.5 Å². The molecule has 1 atom stereocenters. The summed E-state index contributed by atoms with van der Waals surface area (Å²) in [6, 6.07) is 20.7. The van der Waals surface area contributed by atoms with Crippen LogP contribution < -0.4 is 14.5 Å². The molecular formula is C25H23N3O6S. The van der Waals surface area contributed by atoms with Gasteiger partial charge in [-0.2, -0.15) is 0 Å². The zero-order chi connectivity index (χ0) is 25.2. The molecule has 0 bridgehead atoms. The molecule has 1 aliphatic heterocycles. The lowest BCUT2D eigenvalue weighted by Crippen LogP contribution is -2.47. The third-order valence-electron chi connectivity index (χ3n) is 5.54. The van der Waals surface area contributed by atoms with Gasteiger partial charge in [-0.3, -0.25) is 18.8 Å². The van der Waals surface area contributed by atoms with Gasteiger partial charge in [0.2, 0.25) is 5.91 Å². The fourth-order valence-corrected chi connectivity index (χ4v) is 4.82. The van der Waals surface area contributed by atoms with E-state index in [0.717, 1.165) is 4.31 Å². The van der Waals surface area contributed by atoms with Crippen molar-refractivity contribution in [3.63, 3.8) is 0 Å². The summed E-state index contributed by atoms with van der Waals surface area (Å²) in [5.74, 6) is -1.70.